The van der Waals surface area contributed by atoms with Gasteiger partial charge in [0.25, 0.3) is 0 Å². The number of hydrogen-bond donors (Lipinski definition) is 1. The Morgan fingerprint density at radius 1 is 1.43 bits per heavy atom. The van der Waals surface area contributed by atoms with Crippen molar-refractivity contribution < 1.29 is 4.79 Å². The summed E-state index contributed by atoms with van der Waals surface area (Å²) in [4.78, 5) is 19.2. The summed E-state index contributed by atoms with van der Waals surface area (Å²) in [7, 11) is 3.70. The number of imidazole rings is 1. The van der Waals surface area contributed by atoms with Crippen LogP contribution in [0.3, 0.4) is 0 Å². The first-order valence-electron chi connectivity index (χ1n) is 7.40. The summed E-state index contributed by atoms with van der Waals surface area (Å²) in [5, 5.41) is 0. The van der Waals surface area contributed by atoms with Crippen molar-refractivity contribution in [1.82, 2.24) is 14.5 Å². The maximum atomic E-state index is 12.9. The zero-order chi connectivity index (χ0) is 16.0. The van der Waals surface area contributed by atoms with Crippen molar-refractivity contribution in [2.24, 2.45) is 18.2 Å². The molecule has 5 nitrogen and oxygen atoms in total. The highest BCUT2D eigenvalue weighted by Gasteiger charge is 2.41. The smallest absolute Gasteiger partial charge is 0.235 e. The zero-order valence-corrected chi connectivity index (χ0v) is 14.2. The molecule has 0 aromatic carbocycles. The normalized spacial score (nSPS) is 11.4. The molecule has 118 valence electrons. The van der Waals surface area contributed by atoms with Gasteiger partial charge in [-0.05, 0) is 12.8 Å². The SMILES string of the molecule is CCCC(CCC)(C(=O)N(C)Cc1nccn1C)C(N)=S. The van der Waals surface area contributed by atoms with Crippen molar-refractivity contribution in [2.45, 2.75) is 46.1 Å². The van der Waals surface area contributed by atoms with Crippen molar-refractivity contribution in [3.05, 3.63) is 18.2 Å². The van der Waals surface area contributed by atoms with Crippen molar-refractivity contribution in [3.63, 3.8) is 0 Å². The summed E-state index contributed by atoms with van der Waals surface area (Å²) >= 11 is 5.24. The molecule has 0 aliphatic rings. The molecule has 21 heavy (non-hydrogen) atoms. The minimum Gasteiger partial charge on any atom is -0.392 e. The van der Waals surface area contributed by atoms with E-state index in [9.17, 15) is 4.79 Å². The second kappa shape index (κ2) is 7.54. The minimum absolute atomic E-state index is 0.00157. The predicted molar refractivity (Wildman–Crippen MR) is 88.7 cm³/mol. The van der Waals surface area contributed by atoms with Gasteiger partial charge in [0.1, 0.15) is 5.82 Å². The summed E-state index contributed by atoms with van der Waals surface area (Å²) in [6.45, 7) is 4.56. The Hall–Kier alpha value is -1.43. The number of aromatic nitrogens is 2. The van der Waals surface area contributed by atoms with Gasteiger partial charge in [-0.15, -0.1) is 0 Å². The van der Waals surface area contributed by atoms with Gasteiger partial charge in [0.2, 0.25) is 5.91 Å². The molecular weight excluding hydrogens is 284 g/mol. The number of nitrogens with zero attached hydrogens (tertiary/aromatic N) is 3. The Balaban J connectivity index is 2.98. The lowest BCUT2D eigenvalue weighted by Gasteiger charge is -2.34. The van der Waals surface area contributed by atoms with Crippen LogP contribution in [0.5, 0.6) is 0 Å². The largest absolute Gasteiger partial charge is 0.392 e. The van der Waals surface area contributed by atoms with Gasteiger partial charge in [0.15, 0.2) is 0 Å². The maximum absolute atomic E-state index is 12.9. The lowest BCUT2D eigenvalue weighted by Crippen LogP contribution is -2.49. The van der Waals surface area contributed by atoms with Gasteiger partial charge in [-0.2, -0.15) is 0 Å². The molecule has 1 aromatic rings. The molecule has 1 aromatic heterocycles. The number of nitrogens with two attached hydrogens (primary N) is 1. The zero-order valence-electron chi connectivity index (χ0n) is 13.4. The van der Waals surface area contributed by atoms with Crippen LogP contribution in [0, 0.1) is 5.41 Å². The summed E-state index contributed by atoms with van der Waals surface area (Å²) < 4.78 is 1.91. The molecule has 0 fully saturated rings. The standard InChI is InChI=1S/C15H26N4OS/c1-5-7-15(8-6-2,13(16)21)14(20)19(4)11-12-17-9-10-18(12)3/h9-10H,5-8,11H2,1-4H3,(H2,16,21). The molecule has 2 N–H and O–H groups in total. The van der Waals surface area contributed by atoms with Crippen LogP contribution in [0.15, 0.2) is 12.4 Å². The third kappa shape index (κ3) is 3.81. The second-order valence-electron chi connectivity index (χ2n) is 5.56. The molecule has 6 heteroatoms. The fraction of sp³-hybridized carbons (Fsp3) is 0.667. The van der Waals surface area contributed by atoms with Crippen molar-refractivity contribution in [3.8, 4) is 0 Å². The fourth-order valence-corrected chi connectivity index (χ4v) is 3.03. The van der Waals surface area contributed by atoms with Gasteiger partial charge in [0, 0.05) is 26.5 Å². The van der Waals surface area contributed by atoms with Crippen molar-refractivity contribution >= 4 is 23.1 Å². The van der Waals surface area contributed by atoms with Crippen LogP contribution in [0.2, 0.25) is 0 Å². The molecule has 0 unspecified atom stereocenters. The summed E-state index contributed by atoms with van der Waals surface area (Å²) in [6, 6.07) is 0. The fourth-order valence-electron chi connectivity index (χ4n) is 2.74. The highest BCUT2D eigenvalue weighted by molar-refractivity contribution is 7.80. The molecular formula is C15H26N4OS. The Bertz CT molecular complexity index is 492. The van der Waals surface area contributed by atoms with E-state index < -0.39 is 5.41 Å². The Morgan fingerprint density at radius 3 is 2.38 bits per heavy atom. The number of rotatable bonds is 8. The number of amides is 1. The monoisotopic (exact) mass is 310 g/mol. The molecule has 0 bridgehead atoms. The molecule has 0 aliphatic heterocycles. The molecule has 0 saturated carbocycles. The van der Waals surface area contributed by atoms with E-state index in [0.717, 1.165) is 18.7 Å². The molecule has 1 rings (SSSR count). The van der Waals surface area contributed by atoms with Gasteiger partial charge in [-0.1, -0.05) is 38.9 Å². The number of thiocarbonyl (C=S) groups is 1. The van der Waals surface area contributed by atoms with Crippen LogP contribution >= 0.6 is 12.2 Å². The third-order valence-electron chi connectivity index (χ3n) is 3.88. The lowest BCUT2D eigenvalue weighted by atomic mass is 9.77. The van der Waals surface area contributed by atoms with Gasteiger partial charge >= 0.3 is 0 Å². The van der Waals surface area contributed by atoms with E-state index >= 15 is 0 Å². The van der Waals surface area contributed by atoms with E-state index in [1.165, 1.54) is 0 Å². The molecule has 0 radical (unpaired) electrons. The topological polar surface area (TPSA) is 64.2 Å². The summed E-state index contributed by atoms with van der Waals surface area (Å²) in [5.41, 5.74) is 5.23. The summed E-state index contributed by atoms with van der Waals surface area (Å²) in [6.07, 6.45) is 6.73. The van der Waals surface area contributed by atoms with E-state index in [0.29, 0.717) is 24.4 Å². The van der Waals surface area contributed by atoms with Crippen LogP contribution in [-0.2, 0) is 18.4 Å². The van der Waals surface area contributed by atoms with Crippen LogP contribution < -0.4 is 5.73 Å². The Kier molecular flexibility index (Phi) is 6.33. The predicted octanol–water partition coefficient (Wildman–Crippen LogP) is 2.25. The van der Waals surface area contributed by atoms with E-state index in [1.54, 1.807) is 18.1 Å². The third-order valence-corrected chi connectivity index (χ3v) is 4.27. The van der Waals surface area contributed by atoms with Crippen LogP contribution in [0.4, 0.5) is 0 Å². The Labute approximate surface area is 132 Å². The maximum Gasteiger partial charge on any atom is 0.235 e. The van der Waals surface area contributed by atoms with E-state index in [4.69, 9.17) is 18.0 Å². The van der Waals surface area contributed by atoms with Crippen LogP contribution in [-0.4, -0.2) is 32.4 Å². The quantitative estimate of drug-likeness (QED) is 0.748. The first-order chi connectivity index (χ1) is 9.89. The Morgan fingerprint density at radius 2 is 2.00 bits per heavy atom. The average Bonchev–Trinajstić information content (AvgIpc) is 2.82. The van der Waals surface area contributed by atoms with Crippen LogP contribution in [0.1, 0.15) is 45.4 Å². The van der Waals surface area contributed by atoms with Crippen LogP contribution in [0.25, 0.3) is 0 Å². The highest BCUT2D eigenvalue weighted by Crippen LogP contribution is 2.33. The van der Waals surface area contributed by atoms with Crippen molar-refractivity contribution in [2.75, 3.05) is 7.05 Å². The first-order valence-corrected chi connectivity index (χ1v) is 7.81. The van der Waals surface area contributed by atoms with E-state index in [-0.39, 0.29) is 5.91 Å². The number of hydrogen-bond acceptors (Lipinski definition) is 3. The number of carbonyl (C=O) groups excluding carboxylic acids is 1. The van der Waals surface area contributed by atoms with E-state index in [1.807, 2.05) is 17.8 Å². The molecule has 1 heterocycles. The van der Waals surface area contributed by atoms with Crippen molar-refractivity contribution in [1.29, 1.82) is 0 Å². The average molecular weight is 310 g/mol. The highest BCUT2D eigenvalue weighted by atomic mass is 32.1. The molecule has 1 amide bonds. The first kappa shape index (κ1) is 17.6. The molecule has 0 spiro atoms. The summed E-state index contributed by atoms with van der Waals surface area (Å²) in [5.74, 6) is 0.845. The van der Waals surface area contributed by atoms with Gasteiger partial charge in [-0.3, -0.25) is 4.79 Å². The number of carbonyl (C=O) groups is 1. The van der Waals surface area contributed by atoms with Gasteiger partial charge in [0.05, 0.1) is 16.9 Å². The second-order valence-corrected chi connectivity index (χ2v) is 6.00. The number of aryl methyl sites for hydroxylation is 1. The molecule has 0 aliphatic carbocycles. The molecule has 0 saturated heterocycles. The molecule has 0 atom stereocenters. The van der Waals surface area contributed by atoms with Gasteiger partial charge in [-0.25, -0.2) is 4.98 Å². The minimum atomic E-state index is -0.723. The van der Waals surface area contributed by atoms with Gasteiger partial charge < -0.3 is 15.2 Å². The van der Waals surface area contributed by atoms with E-state index in [2.05, 4.69) is 18.8 Å². The lowest BCUT2D eigenvalue weighted by molar-refractivity contribution is -0.138.